The summed E-state index contributed by atoms with van der Waals surface area (Å²) < 4.78 is 66.6. The molecular weight excluding hydrogens is 503 g/mol. The number of anilines is 2. The Labute approximate surface area is 207 Å². The second-order valence-electron chi connectivity index (χ2n) is 8.88. The van der Waals surface area contributed by atoms with Crippen LogP contribution in [0.1, 0.15) is 25.3 Å². The number of nitrogens with zero attached hydrogens (tertiary/aromatic N) is 8. The zero-order valence-corrected chi connectivity index (χ0v) is 19.6. The summed E-state index contributed by atoms with van der Waals surface area (Å²) in [6.07, 6.45) is -4.45. The Kier molecular flexibility index (Phi) is 6.22. The molecule has 37 heavy (non-hydrogen) atoms. The Hall–Kier alpha value is -3.46. The first-order chi connectivity index (χ1) is 17.5. The highest BCUT2D eigenvalue weighted by atomic mass is 19.4. The van der Waals surface area contributed by atoms with Crippen molar-refractivity contribution in [1.29, 1.82) is 0 Å². The van der Waals surface area contributed by atoms with Gasteiger partial charge in [0.05, 0.1) is 18.0 Å². The molecule has 198 valence electrons. The van der Waals surface area contributed by atoms with E-state index in [4.69, 9.17) is 0 Å². The Morgan fingerprint density at radius 2 is 1.89 bits per heavy atom. The van der Waals surface area contributed by atoms with Gasteiger partial charge >= 0.3 is 6.18 Å². The molecule has 0 aliphatic carbocycles. The number of piperidine rings is 1. The van der Waals surface area contributed by atoms with Crippen LogP contribution in [-0.4, -0.2) is 78.6 Å². The maximum Gasteiger partial charge on any atom is 0.416 e. The summed E-state index contributed by atoms with van der Waals surface area (Å²) in [6, 6.07) is 1.55. The summed E-state index contributed by atoms with van der Waals surface area (Å²) in [4.78, 5) is 30.6. The highest BCUT2D eigenvalue weighted by Gasteiger charge is 2.58. The Morgan fingerprint density at radius 3 is 2.54 bits per heavy atom. The monoisotopic (exact) mass is 526 g/mol. The van der Waals surface area contributed by atoms with E-state index in [1.54, 1.807) is 11.8 Å². The predicted molar refractivity (Wildman–Crippen MR) is 121 cm³/mol. The van der Waals surface area contributed by atoms with Crippen LogP contribution >= 0.6 is 0 Å². The first-order valence-corrected chi connectivity index (χ1v) is 11.6. The number of carbonyl (C=O) groups is 1. The highest BCUT2D eigenvalue weighted by molar-refractivity contribution is 6.02. The molecule has 2 saturated heterocycles. The number of rotatable bonds is 5. The number of aliphatic hydroxyl groups excluding tert-OH is 1. The fourth-order valence-electron chi connectivity index (χ4n) is 5.09. The van der Waals surface area contributed by atoms with Crippen molar-refractivity contribution in [2.45, 2.75) is 50.8 Å². The van der Waals surface area contributed by atoms with Gasteiger partial charge in [-0.15, -0.1) is 0 Å². The summed E-state index contributed by atoms with van der Waals surface area (Å²) in [5, 5.41) is 14.9. The number of hydrogen-bond acceptors (Lipinski definition) is 8. The van der Waals surface area contributed by atoms with Crippen LogP contribution in [0.25, 0.3) is 11.2 Å². The summed E-state index contributed by atoms with van der Waals surface area (Å²) in [6.45, 7) is 2.00. The molecule has 1 spiro atoms. The van der Waals surface area contributed by atoms with Gasteiger partial charge in [0.1, 0.15) is 29.2 Å². The minimum absolute atomic E-state index is 0.211. The zero-order valence-electron chi connectivity index (χ0n) is 19.6. The van der Waals surface area contributed by atoms with Crippen LogP contribution in [0.15, 0.2) is 30.7 Å². The molecule has 2 aliphatic rings. The Balaban J connectivity index is 1.40. The molecule has 3 aromatic rings. The van der Waals surface area contributed by atoms with Gasteiger partial charge in [0.2, 0.25) is 0 Å². The molecule has 15 heteroatoms. The number of pyridine rings is 1. The number of carbonyl (C=O) groups excluding carboxylic acids is 1. The third-order valence-corrected chi connectivity index (χ3v) is 6.89. The van der Waals surface area contributed by atoms with Crippen molar-refractivity contribution in [2.75, 3.05) is 29.4 Å². The van der Waals surface area contributed by atoms with Gasteiger partial charge in [0, 0.05) is 25.8 Å². The van der Waals surface area contributed by atoms with Gasteiger partial charge < -0.3 is 10.0 Å². The maximum absolute atomic E-state index is 13.6. The molecule has 0 saturated carbocycles. The van der Waals surface area contributed by atoms with E-state index in [1.807, 2.05) is 4.90 Å². The lowest BCUT2D eigenvalue weighted by Gasteiger charge is -2.42. The number of alkyl halides is 5. The molecule has 5 heterocycles. The SMILES string of the molecule is CCN1C(O)N(c2cc(C(F)(F)F)ccn2)C(=O)C12CCN(c1cnc3cnn(CC(F)F)c3n1)CC2. The van der Waals surface area contributed by atoms with Crippen molar-refractivity contribution in [3.8, 4) is 0 Å². The van der Waals surface area contributed by atoms with Gasteiger partial charge in [-0.2, -0.15) is 18.3 Å². The molecule has 5 rings (SSSR count). The second-order valence-corrected chi connectivity index (χ2v) is 8.88. The molecule has 2 fully saturated rings. The zero-order chi connectivity index (χ0) is 26.5. The van der Waals surface area contributed by atoms with E-state index in [9.17, 15) is 31.9 Å². The number of fused-ring (bicyclic) bond motifs is 1. The number of aromatic nitrogens is 5. The molecule has 10 nitrogen and oxygen atoms in total. The van der Waals surface area contributed by atoms with E-state index < -0.39 is 42.5 Å². The van der Waals surface area contributed by atoms with Gasteiger partial charge in [-0.05, 0) is 25.0 Å². The molecule has 1 atom stereocenters. The van der Waals surface area contributed by atoms with Gasteiger partial charge in [-0.3, -0.25) is 9.69 Å². The average molecular weight is 526 g/mol. The summed E-state index contributed by atoms with van der Waals surface area (Å²) >= 11 is 0. The van der Waals surface area contributed by atoms with Crippen molar-refractivity contribution >= 4 is 28.7 Å². The maximum atomic E-state index is 13.6. The van der Waals surface area contributed by atoms with Crippen molar-refractivity contribution in [2.24, 2.45) is 0 Å². The van der Waals surface area contributed by atoms with Crippen LogP contribution in [0, 0.1) is 0 Å². The summed E-state index contributed by atoms with van der Waals surface area (Å²) in [5.74, 6) is -0.401. The van der Waals surface area contributed by atoms with Crippen molar-refractivity contribution in [3.05, 3.63) is 36.3 Å². The first-order valence-electron chi connectivity index (χ1n) is 11.6. The van der Waals surface area contributed by atoms with E-state index in [-0.39, 0.29) is 30.9 Å². The van der Waals surface area contributed by atoms with E-state index in [0.29, 0.717) is 24.4 Å². The first kappa shape index (κ1) is 25.2. The minimum atomic E-state index is -4.63. The number of likely N-dealkylation sites (N-methyl/N-ethyl adjacent to an activating group) is 1. The van der Waals surface area contributed by atoms with Crippen LogP contribution in [0.5, 0.6) is 0 Å². The molecular formula is C22H23F5N8O2. The average Bonchev–Trinajstić information content (AvgIpc) is 3.34. The number of amides is 1. The standard InChI is InChI=1S/C22H23F5N8O2/c1-2-33-20(37)35(16-9-13(3-6-28-16)22(25,26)27)19(36)21(33)4-7-32(8-5-21)17-11-29-14-10-30-34(12-15(23)24)18(14)31-17/h3,6,9-11,15,20,37H,2,4-5,7-8,12H2,1H3. The van der Waals surface area contributed by atoms with Crippen LogP contribution < -0.4 is 9.80 Å². The Morgan fingerprint density at radius 1 is 1.16 bits per heavy atom. The van der Waals surface area contributed by atoms with E-state index in [2.05, 4.69) is 20.1 Å². The lowest BCUT2D eigenvalue weighted by Crippen LogP contribution is -2.57. The lowest BCUT2D eigenvalue weighted by molar-refractivity contribution is -0.137. The molecule has 0 radical (unpaired) electrons. The van der Waals surface area contributed by atoms with Crippen LogP contribution in [-0.2, 0) is 17.5 Å². The summed E-state index contributed by atoms with van der Waals surface area (Å²) in [5.41, 5.74) is -1.55. The molecule has 1 N–H and O–H groups in total. The lowest BCUT2D eigenvalue weighted by atomic mass is 9.85. The molecule has 1 unspecified atom stereocenters. The van der Waals surface area contributed by atoms with Gasteiger partial charge in [-0.1, -0.05) is 6.92 Å². The summed E-state index contributed by atoms with van der Waals surface area (Å²) in [7, 11) is 0. The van der Waals surface area contributed by atoms with Gasteiger partial charge in [0.15, 0.2) is 12.0 Å². The number of aliphatic hydroxyl groups is 1. The van der Waals surface area contributed by atoms with E-state index in [1.165, 1.54) is 12.4 Å². The third kappa shape index (κ3) is 4.25. The molecule has 2 aliphatic heterocycles. The van der Waals surface area contributed by atoms with Crippen LogP contribution in [0.4, 0.5) is 33.6 Å². The van der Waals surface area contributed by atoms with E-state index in [0.717, 1.165) is 27.9 Å². The highest BCUT2D eigenvalue weighted by Crippen LogP contribution is 2.41. The van der Waals surface area contributed by atoms with Gasteiger partial charge in [0.25, 0.3) is 12.3 Å². The third-order valence-electron chi connectivity index (χ3n) is 6.89. The predicted octanol–water partition coefficient (Wildman–Crippen LogP) is 2.49. The number of hydrogen-bond donors (Lipinski definition) is 1. The minimum Gasteiger partial charge on any atom is -0.360 e. The van der Waals surface area contributed by atoms with Crippen molar-refractivity contribution < 1.29 is 31.9 Å². The molecule has 0 aromatic carbocycles. The normalized spacial score (nSPS) is 20.6. The smallest absolute Gasteiger partial charge is 0.360 e. The molecule has 1 amide bonds. The van der Waals surface area contributed by atoms with Gasteiger partial charge in [-0.25, -0.2) is 33.3 Å². The quantitative estimate of drug-likeness (QED) is 0.506. The second kappa shape index (κ2) is 9.13. The Bertz CT molecular complexity index is 1310. The van der Waals surface area contributed by atoms with Crippen molar-refractivity contribution in [3.63, 3.8) is 0 Å². The fourth-order valence-corrected chi connectivity index (χ4v) is 5.09. The molecule has 3 aromatic heterocycles. The largest absolute Gasteiger partial charge is 0.416 e. The topological polar surface area (TPSA) is 104 Å². The van der Waals surface area contributed by atoms with Crippen LogP contribution in [0.2, 0.25) is 0 Å². The number of halogens is 5. The van der Waals surface area contributed by atoms with Crippen molar-refractivity contribution in [1.82, 2.24) is 29.6 Å². The van der Waals surface area contributed by atoms with Crippen LogP contribution in [0.3, 0.4) is 0 Å². The fraction of sp³-hybridized carbons (Fsp3) is 0.500. The van der Waals surface area contributed by atoms with E-state index >= 15 is 0 Å². The molecule has 0 bridgehead atoms.